The van der Waals surface area contributed by atoms with Gasteiger partial charge in [0.05, 0.1) is 18.9 Å². The molecule has 0 atom stereocenters. The lowest BCUT2D eigenvalue weighted by Crippen LogP contribution is -2.35. The van der Waals surface area contributed by atoms with Crippen molar-refractivity contribution in [1.82, 2.24) is 4.90 Å². The standard InChI is InChI=1S/C14H16N2O2/c15-8-3-9-16(12-6-7-12)14(18)10-11-4-1-2-5-13(11)17/h1-2,4-5,12,17H,3,6-7,9-10H2. The quantitative estimate of drug-likeness (QED) is 0.859. The number of phenolic OH excluding ortho intramolecular Hbond substituents is 1. The van der Waals surface area contributed by atoms with E-state index < -0.39 is 0 Å². The molecule has 1 fully saturated rings. The van der Waals surface area contributed by atoms with Crippen LogP contribution in [-0.2, 0) is 11.2 Å². The Bertz CT molecular complexity index is 475. The first kappa shape index (κ1) is 12.4. The summed E-state index contributed by atoms with van der Waals surface area (Å²) >= 11 is 0. The molecular formula is C14H16N2O2. The average Bonchev–Trinajstić information content (AvgIpc) is 3.17. The van der Waals surface area contributed by atoms with Crippen molar-refractivity contribution in [3.63, 3.8) is 0 Å². The third kappa shape index (κ3) is 3.01. The van der Waals surface area contributed by atoms with E-state index in [4.69, 9.17) is 5.26 Å². The van der Waals surface area contributed by atoms with Gasteiger partial charge in [-0.2, -0.15) is 5.26 Å². The number of rotatable bonds is 5. The molecular weight excluding hydrogens is 228 g/mol. The highest BCUT2D eigenvalue weighted by atomic mass is 16.3. The molecule has 94 valence electrons. The van der Waals surface area contributed by atoms with Gasteiger partial charge in [0.15, 0.2) is 0 Å². The molecule has 1 aliphatic carbocycles. The van der Waals surface area contributed by atoms with Crippen LogP contribution in [0.15, 0.2) is 24.3 Å². The van der Waals surface area contributed by atoms with Crippen molar-refractivity contribution < 1.29 is 9.90 Å². The lowest BCUT2D eigenvalue weighted by atomic mass is 10.1. The Morgan fingerprint density at radius 2 is 2.17 bits per heavy atom. The first-order valence-corrected chi connectivity index (χ1v) is 6.15. The third-order valence-electron chi connectivity index (χ3n) is 3.11. The summed E-state index contributed by atoms with van der Waals surface area (Å²) in [7, 11) is 0. The normalized spacial score (nSPS) is 13.9. The fraction of sp³-hybridized carbons (Fsp3) is 0.429. The fourth-order valence-electron chi connectivity index (χ4n) is 1.99. The Balaban J connectivity index is 2.01. The number of phenols is 1. The SMILES string of the molecule is N#CCCN(C(=O)Cc1ccccc1O)C1CC1. The van der Waals surface area contributed by atoms with Gasteiger partial charge in [-0.25, -0.2) is 0 Å². The molecule has 0 heterocycles. The van der Waals surface area contributed by atoms with Gasteiger partial charge in [-0.1, -0.05) is 18.2 Å². The maximum atomic E-state index is 12.2. The molecule has 0 bridgehead atoms. The van der Waals surface area contributed by atoms with Crippen molar-refractivity contribution >= 4 is 5.91 Å². The predicted molar refractivity (Wildman–Crippen MR) is 66.8 cm³/mol. The second kappa shape index (κ2) is 5.54. The van der Waals surface area contributed by atoms with Crippen molar-refractivity contribution in [3.05, 3.63) is 29.8 Å². The summed E-state index contributed by atoms with van der Waals surface area (Å²) in [6.07, 6.45) is 2.62. The van der Waals surface area contributed by atoms with Gasteiger partial charge in [-0.3, -0.25) is 4.79 Å². The van der Waals surface area contributed by atoms with E-state index in [1.807, 2.05) is 0 Å². The number of para-hydroxylation sites is 1. The Morgan fingerprint density at radius 1 is 1.44 bits per heavy atom. The van der Waals surface area contributed by atoms with Crippen LogP contribution in [0.1, 0.15) is 24.8 Å². The highest BCUT2D eigenvalue weighted by molar-refractivity contribution is 5.80. The number of carbonyl (C=O) groups is 1. The minimum absolute atomic E-state index is 0.00532. The molecule has 0 aromatic heterocycles. The second-order valence-electron chi connectivity index (χ2n) is 4.53. The zero-order valence-electron chi connectivity index (χ0n) is 10.2. The van der Waals surface area contributed by atoms with Gasteiger partial charge in [-0.05, 0) is 18.9 Å². The van der Waals surface area contributed by atoms with Crippen molar-refractivity contribution in [2.75, 3.05) is 6.54 Å². The Hall–Kier alpha value is -2.02. The molecule has 1 aliphatic rings. The highest BCUT2D eigenvalue weighted by Crippen LogP contribution is 2.28. The largest absolute Gasteiger partial charge is 0.508 e. The van der Waals surface area contributed by atoms with Gasteiger partial charge in [0.1, 0.15) is 5.75 Å². The second-order valence-corrected chi connectivity index (χ2v) is 4.53. The highest BCUT2D eigenvalue weighted by Gasteiger charge is 2.32. The number of carbonyl (C=O) groups excluding carboxylic acids is 1. The molecule has 0 saturated heterocycles. The van der Waals surface area contributed by atoms with E-state index in [0.717, 1.165) is 12.8 Å². The molecule has 1 saturated carbocycles. The van der Waals surface area contributed by atoms with E-state index in [9.17, 15) is 9.90 Å². The average molecular weight is 244 g/mol. The molecule has 1 aromatic carbocycles. The van der Waals surface area contributed by atoms with Crippen LogP contribution in [0.3, 0.4) is 0 Å². The number of nitrogens with zero attached hydrogens (tertiary/aromatic N) is 2. The third-order valence-corrected chi connectivity index (χ3v) is 3.11. The Kier molecular flexibility index (Phi) is 3.83. The van der Waals surface area contributed by atoms with E-state index in [1.54, 1.807) is 29.2 Å². The minimum atomic E-state index is -0.00532. The monoisotopic (exact) mass is 244 g/mol. The molecule has 0 spiro atoms. The summed E-state index contributed by atoms with van der Waals surface area (Å²) in [4.78, 5) is 13.9. The van der Waals surface area contributed by atoms with Gasteiger partial charge in [-0.15, -0.1) is 0 Å². The van der Waals surface area contributed by atoms with Crippen LogP contribution < -0.4 is 0 Å². The van der Waals surface area contributed by atoms with Crippen molar-refractivity contribution in [1.29, 1.82) is 5.26 Å². The van der Waals surface area contributed by atoms with E-state index in [0.29, 0.717) is 24.6 Å². The zero-order valence-corrected chi connectivity index (χ0v) is 10.2. The van der Waals surface area contributed by atoms with E-state index in [-0.39, 0.29) is 18.1 Å². The van der Waals surface area contributed by atoms with Crippen LogP contribution in [0.4, 0.5) is 0 Å². The van der Waals surface area contributed by atoms with Gasteiger partial charge >= 0.3 is 0 Å². The number of nitriles is 1. The fourth-order valence-corrected chi connectivity index (χ4v) is 1.99. The maximum absolute atomic E-state index is 12.2. The Morgan fingerprint density at radius 3 is 2.78 bits per heavy atom. The molecule has 0 radical (unpaired) electrons. The van der Waals surface area contributed by atoms with Crippen LogP contribution in [0, 0.1) is 11.3 Å². The molecule has 4 heteroatoms. The summed E-state index contributed by atoms with van der Waals surface area (Å²) in [5.74, 6) is 0.149. The summed E-state index contributed by atoms with van der Waals surface area (Å²) in [6.45, 7) is 0.494. The number of benzene rings is 1. The lowest BCUT2D eigenvalue weighted by molar-refractivity contribution is -0.131. The molecule has 1 N–H and O–H groups in total. The van der Waals surface area contributed by atoms with E-state index >= 15 is 0 Å². The van der Waals surface area contributed by atoms with Crippen molar-refractivity contribution in [2.24, 2.45) is 0 Å². The number of amides is 1. The van der Waals surface area contributed by atoms with Crippen LogP contribution in [0.2, 0.25) is 0 Å². The number of hydrogen-bond donors (Lipinski definition) is 1. The predicted octanol–water partition coefficient (Wildman–Crippen LogP) is 1.84. The van der Waals surface area contributed by atoms with Crippen molar-refractivity contribution in [3.8, 4) is 11.8 Å². The molecule has 4 nitrogen and oxygen atoms in total. The van der Waals surface area contributed by atoms with Gasteiger partial charge in [0.25, 0.3) is 0 Å². The van der Waals surface area contributed by atoms with Gasteiger partial charge in [0.2, 0.25) is 5.91 Å². The zero-order chi connectivity index (χ0) is 13.0. The first-order chi connectivity index (χ1) is 8.72. The molecule has 0 aliphatic heterocycles. The number of hydrogen-bond acceptors (Lipinski definition) is 3. The maximum Gasteiger partial charge on any atom is 0.227 e. The van der Waals surface area contributed by atoms with Crippen LogP contribution in [0.25, 0.3) is 0 Å². The summed E-state index contributed by atoms with van der Waals surface area (Å²) in [5.41, 5.74) is 0.644. The summed E-state index contributed by atoms with van der Waals surface area (Å²) in [6, 6.07) is 9.24. The molecule has 18 heavy (non-hydrogen) atoms. The summed E-state index contributed by atoms with van der Waals surface area (Å²) in [5, 5.41) is 18.3. The van der Waals surface area contributed by atoms with E-state index in [1.165, 1.54) is 0 Å². The lowest BCUT2D eigenvalue weighted by Gasteiger charge is -2.21. The van der Waals surface area contributed by atoms with Crippen molar-refractivity contribution in [2.45, 2.75) is 31.7 Å². The van der Waals surface area contributed by atoms with Gasteiger partial charge in [0, 0.05) is 18.2 Å². The molecule has 2 rings (SSSR count). The Labute approximate surface area is 106 Å². The van der Waals surface area contributed by atoms with Gasteiger partial charge < -0.3 is 10.0 Å². The molecule has 1 amide bonds. The molecule has 0 unspecified atom stereocenters. The topological polar surface area (TPSA) is 64.3 Å². The number of aromatic hydroxyl groups is 1. The van der Waals surface area contributed by atoms with Crippen LogP contribution in [-0.4, -0.2) is 28.5 Å². The molecule has 1 aromatic rings. The first-order valence-electron chi connectivity index (χ1n) is 6.15. The van der Waals surface area contributed by atoms with Crippen LogP contribution >= 0.6 is 0 Å². The minimum Gasteiger partial charge on any atom is -0.508 e. The summed E-state index contributed by atoms with van der Waals surface area (Å²) < 4.78 is 0. The smallest absolute Gasteiger partial charge is 0.227 e. The van der Waals surface area contributed by atoms with E-state index in [2.05, 4.69) is 6.07 Å². The van der Waals surface area contributed by atoms with Crippen LogP contribution in [0.5, 0.6) is 5.75 Å².